The van der Waals surface area contributed by atoms with Crippen LogP contribution in [0.3, 0.4) is 0 Å². The molecule has 0 saturated heterocycles. The van der Waals surface area contributed by atoms with Crippen LogP contribution in [0.1, 0.15) is 21.7 Å². The van der Waals surface area contributed by atoms with Gasteiger partial charge in [0.05, 0.1) is 11.2 Å². The van der Waals surface area contributed by atoms with Crippen LogP contribution in [-0.2, 0) is 22.3 Å². The molecule has 1 N–H and O–H groups in total. The normalized spacial score (nSPS) is 11.6. The highest BCUT2D eigenvalue weighted by molar-refractivity contribution is 7.98. The molecule has 3 rings (SSSR count). The van der Waals surface area contributed by atoms with Crippen molar-refractivity contribution in [2.45, 2.75) is 22.1 Å². The van der Waals surface area contributed by atoms with Gasteiger partial charge in [-0.25, -0.2) is 12.7 Å². The van der Waals surface area contributed by atoms with Gasteiger partial charge < -0.3 is 9.73 Å². The van der Waals surface area contributed by atoms with E-state index in [1.54, 1.807) is 36.0 Å². The molecule has 6 nitrogen and oxygen atoms in total. The molecule has 152 valence electrons. The molecule has 0 unspecified atom stereocenters. The highest BCUT2D eigenvalue weighted by atomic mass is 32.2. The van der Waals surface area contributed by atoms with Crippen LogP contribution in [0.15, 0.2) is 81.1 Å². The average molecular weight is 431 g/mol. The van der Waals surface area contributed by atoms with E-state index in [0.717, 1.165) is 14.8 Å². The van der Waals surface area contributed by atoms with Crippen molar-refractivity contribution in [1.29, 1.82) is 0 Å². The van der Waals surface area contributed by atoms with Crippen molar-refractivity contribution >= 4 is 27.7 Å². The fourth-order valence-corrected chi connectivity index (χ4v) is 4.69. The van der Waals surface area contributed by atoms with E-state index in [-0.39, 0.29) is 23.1 Å². The van der Waals surface area contributed by atoms with Crippen LogP contribution in [0.25, 0.3) is 0 Å². The van der Waals surface area contributed by atoms with Gasteiger partial charge in [0.15, 0.2) is 5.76 Å². The first-order valence-electron chi connectivity index (χ1n) is 8.92. The molecule has 0 aliphatic rings. The van der Waals surface area contributed by atoms with Gasteiger partial charge in [-0.2, -0.15) is 0 Å². The predicted octanol–water partition coefficient (Wildman–Crippen LogP) is 3.75. The van der Waals surface area contributed by atoms with E-state index >= 15 is 0 Å². The fraction of sp³-hybridized carbons (Fsp3) is 0.190. The second-order valence-corrected chi connectivity index (χ2v) is 9.62. The number of amides is 1. The minimum absolute atomic E-state index is 0.0774. The lowest BCUT2D eigenvalue weighted by Crippen LogP contribution is -2.27. The van der Waals surface area contributed by atoms with E-state index in [4.69, 9.17) is 4.42 Å². The molecule has 8 heteroatoms. The highest BCUT2D eigenvalue weighted by Gasteiger charge is 2.22. The van der Waals surface area contributed by atoms with E-state index in [0.29, 0.717) is 11.3 Å². The Morgan fingerprint density at radius 3 is 2.41 bits per heavy atom. The van der Waals surface area contributed by atoms with Crippen LogP contribution in [0.5, 0.6) is 0 Å². The molecule has 0 atom stereocenters. The largest absolute Gasteiger partial charge is 0.459 e. The summed E-state index contributed by atoms with van der Waals surface area (Å²) >= 11 is 1.61. The van der Waals surface area contributed by atoms with Crippen molar-refractivity contribution in [3.05, 3.63) is 83.8 Å². The Hall–Kier alpha value is -2.55. The smallest absolute Gasteiger partial charge is 0.287 e. The Labute approximate surface area is 175 Å². The van der Waals surface area contributed by atoms with Crippen molar-refractivity contribution in [3.63, 3.8) is 0 Å². The molecular formula is C21H22N2O4S2. The van der Waals surface area contributed by atoms with Gasteiger partial charge in [0.1, 0.15) is 0 Å². The van der Waals surface area contributed by atoms with Crippen molar-refractivity contribution in [2.24, 2.45) is 0 Å². The Morgan fingerprint density at radius 1 is 1.00 bits per heavy atom. The molecule has 0 saturated carbocycles. The van der Waals surface area contributed by atoms with Gasteiger partial charge in [0.25, 0.3) is 5.91 Å². The minimum Gasteiger partial charge on any atom is -0.459 e. The maximum absolute atomic E-state index is 12.6. The van der Waals surface area contributed by atoms with Crippen LogP contribution in [0.4, 0.5) is 0 Å². The van der Waals surface area contributed by atoms with E-state index in [1.807, 2.05) is 30.3 Å². The van der Waals surface area contributed by atoms with E-state index in [1.165, 1.54) is 26.4 Å². The Morgan fingerprint density at radius 2 is 1.69 bits per heavy atom. The summed E-state index contributed by atoms with van der Waals surface area (Å²) in [6.45, 7) is 0.0774. The summed E-state index contributed by atoms with van der Waals surface area (Å²) in [5.74, 6) is 0.451. The summed E-state index contributed by atoms with van der Waals surface area (Å²) in [6.07, 6.45) is 1.49. The quantitative estimate of drug-likeness (QED) is 0.551. The maximum atomic E-state index is 12.6. The molecule has 1 amide bonds. The Bertz CT molecular complexity index is 1080. The molecule has 0 aliphatic carbocycles. The van der Waals surface area contributed by atoms with Crippen LogP contribution in [0.2, 0.25) is 0 Å². The number of benzene rings is 2. The summed E-state index contributed by atoms with van der Waals surface area (Å²) in [7, 11) is -0.649. The van der Waals surface area contributed by atoms with Gasteiger partial charge in [-0.3, -0.25) is 4.79 Å². The molecule has 2 aromatic carbocycles. The summed E-state index contributed by atoms with van der Waals surface area (Å²) in [6, 6.07) is 18.3. The zero-order valence-electron chi connectivity index (χ0n) is 16.2. The third-order valence-electron chi connectivity index (χ3n) is 4.26. The number of nitrogens with one attached hydrogen (secondary N) is 1. The van der Waals surface area contributed by atoms with Crippen molar-refractivity contribution < 1.29 is 17.6 Å². The summed E-state index contributed by atoms with van der Waals surface area (Å²) in [4.78, 5) is 13.9. The van der Waals surface area contributed by atoms with E-state index in [2.05, 4.69) is 5.32 Å². The molecule has 1 aromatic heterocycles. The number of hydrogen-bond donors (Lipinski definition) is 1. The van der Waals surface area contributed by atoms with Gasteiger partial charge in [0, 0.05) is 36.9 Å². The van der Waals surface area contributed by atoms with Gasteiger partial charge in [-0.05, 0) is 29.8 Å². The Kier molecular flexibility index (Phi) is 6.79. The van der Waals surface area contributed by atoms with Crippen molar-refractivity contribution in [3.8, 4) is 0 Å². The van der Waals surface area contributed by atoms with Crippen LogP contribution in [-0.4, -0.2) is 32.7 Å². The van der Waals surface area contributed by atoms with Crippen LogP contribution < -0.4 is 5.32 Å². The molecule has 0 bridgehead atoms. The number of carbonyl (C=O) groups excluding carboxylic acids is 1. The number of furan rings is 1. The molecule has 29 heavy (non-hydrogen) atoms. The highest BCUT2D eigenvalue weighted by Crippen LogP contribution is 2.25. The topological polar surface area (TPSA) is 79.6 Å². The second-order valence-electron chi connectivity index (χ2n) is 6.45. The number of sulfonamides is 1. The number of hydrogen-bond acceptors (Lipinski definition) is 5. The van der Waals surface area contributed by atoms with Gasteiger partial charge in [-0.1, -0.05) is 36.4 Å². The van der Waals surface area contributed by atoms with Gasteiger partial charge >= 0.3 is 0 Å². The molecule has 1 heterocycles. The predicted molar refractivity (Wildman–Crippen MR) is 113 cm³/mol. The molecule has 3 aromatic rings. The maximum Gasteiger partial charge on any atom is 0.287 e. The zero-order valence-corrected chi connectivity index (χ0v) is 17.8. The molecule has 0 radical (unpaired) electrons. The monoisotopic (exact) mass is 430 g/mol. The number of thioether (sulfide) groups is 1. The zero-order chi connectivity index (χ0) is 20.9. The van der Waals surface area contributed by atoms with E-state index in [9.17, 15) is 13.2 Å². The lowest BCUT2D eigenvalue weighted by atomic mass is 10.2. The minimum atomic E-state index is -3.60. The van der Waals surface area contributed by atoms with Gasteiger partial charge in [0.2, 0.25) is 10.0 Å². The molecule has 0 fully saturated rings. The third-order valence-corrected chi connectivity index (χ3v) is 7.24. The summed E-state index contributed by atoms with van der Waals surface area (Å²) in [5.41, 5.74) is 1.30. The second kappa shape index (κ2) is 9.30. The van der Waals surface area contributed by atoms with Gasteiger partial charge in [-0.15, -0.1) is 11.8 Å². The van der Waals surface area contributed by atoms with Crippen molar-refractivity contribution in [1.82, 2.24) is 9.62 Å². The number of nitrogens with zero attached hydrogens (tertiary/aromatic N) is 1. The average Bonchev–Trinajstić information content (AvgIpc) is 3.20. The summed E-state index contributed by atoms with van der Waals surface area (Å²) < 4.78 is 31.5. The first kappa shape index (κ1) is 21.2. The van der Waals surface area contributed by atoms with Crippen molar-refractivity contribution in [2.75, 3.05) is 14.1 Å². The third kappa shape index (κ3) is 5.09. The molecule has 0 aliphatic heterocycles. The SMILES string of the molecule is CN(C)S(=O)(=O)c1ccccc1CNC(=O)c1occc1CSc1ccccc1. The van der Waals surface area contributed by atoms with E-state index < -0.39 is 10.0 Å². The first-order valence-corrected chi connectivity index (χ1v) is 11.3. The Balaban J connectivity index is 1.69. The first-order chi connectivity index (χ1) is 13.9. The molecule has 0 spiro atoms. The number of rotatable bonds is 8. The van der Waals surface area contributed by atoms with Crippen LogP contribution in [0, 0.1) is 0 Å². The lowest BCUT2D eigenvalue weighted by molar-refractivity contribution is 0.0922. The lowest BCUT2D eigenvalue weighted by Gasteiger charge is -2.15. The standard InChI is InChI=1S/C21H22N2O4S2/c1-23(2)29(25,26)19-11-7-6-8-16(19)14-22-21(24)20-17(12-13-27-20)15-28-18-9-4-3-5-10-18/h3-13H,14-15H2,1-2H3,(H,22,24). The molecular weight excluding hydrogens is 408 g/mol. The number of carbonyl (C=O) groups is 1. The van der Waals surface area contributed by atoms with Crippen LogP contribution >= 0.6 is 11.8 Å². The summed E-state index contributed by atoms with van der Waals surface area (Å²) in [5, 5.41) is 2.77. The fourth-order valence-electron chi connectivity index (χ4n) is 2.68.